The Morgan fingerprint density at radius 3 is 2.48 bits per heavy atom. The first-order valence-corrected chi connectivity index (χ1v) is 11.9. The summed E-state index contributed by atoms with van der Waals surface area (Å²) in [7, 11) is 1.33. The molecule has 1 heterocycles. The normalized spacial score (nSPS) is 13.0. The van der Waals surface area contributed by atoms with Crippen molar-refractivity contribution in [2.45, 2.75) is 37.1 Å². The van der Waals surface area contributed by atoms with Gasteiger partial charge in [-0.05, 0) is 42.3 Å². The highest BCUT2D eigenvalue weighted by Crippen LogP contribution is 2.22. The van der Waals surface area contributed by atoms with Gasteiger partial charge in [0.05, 0.1) is 22.0 Å². The summed E-state index contributed by atoms with van der Waals surface area (Å²) in [6.07, 6.45) is 1.50. The minimum atomic E-state index is -3.53. The molecular weight excluding hydrogens is 436 g/mol. The number of aromatic nitrogens is 2. The second-order valence-corrected chi connectivity index (χ2v) is 10.2. The molecule has 0 radical (unpaired) electrons. The van der Waals surface area contributed by atoms with Gasteiger partial charge in [-0.15, -0.1) is 0 Å². The van der Waals surface area contributed by atoms with Gasteiger partial charge in [-0.2, -0.15) is 0 Å². The molecule has 0 spiro atoms. The van der Waals surface area contributed by atoms with Gasteiger partial charge in [-0.3, -0.25) is 4.79 Å². The van der Waals surface area contributed by atoms with Crippen molar-refractivity contribution in [1.29, 1.82) is 0 Å². The van der Waals surface area contributed by atoms with Gasteiger partial charge in [-0.1, -0.05) is 30.7 Å². The number of benzene rings is 2. The van der Waals surface area contributed by atoms with Crippen LogP contribution in [-0.4, -0.2) is 42.3 Å². The van der Waals surface area contributed by atoms with E-state index in [2.05, 4.69) is 10.3 Å². The van der Waals surface area contributed by atoms with Crippen LogP contribution < -0.4 is 5.32 Å². The molecule has 0 aliphatic rings. The number of hydrogen-bond donors (Lipinski definition) is 1. The maximum atomic E-state index is 12.6. The molecule has 9 heteroatoms. The first-order valence-electron chi connectivity index (χ1n) is 10.1. The first kappa shape index (κ1) is 23.2. The van der Waals surface area contributed by atoms with E-state index in [4.69, 9.17) is 11.6 Å². The number of hydrogen-bond acceptors (Lipinski definition) is 4. The Balaban J connectivity index is 1.72. The molecule has 1 N–H and O–H groups in total. The van der Waals surface area contributed by atoms with Crippen LogP contribution >= 0.6 is 11.6 Å². The zero-order valence-corrected chi connectivity index (χ0v) is 19.7. The number of sulfonamides is 1. The fraction of sp³-hybridized carbons (Fsp3) is 0.364. The van der Waals surface area contributed by atoms with Crippen LogP contribution in [0.25, 0.3) is 11.0 Å². The number of aryl methyl sites for hydroxylation is 2. The molecule has 7 nitrogen and oxygen atoms in total. The number of carbonyl (C=O) groups excluding carboxylic acids is 1. The average molecular weight is 463 g/mol. The lowest BCUT2D eigenvalue weighted by molar-refractivity contribution is -0.121. The van der Waals surface area contributed by atoms with Crippen molar-refractivity contribution in [3.63, 3.8) is 0 Å². The van der Waals surface area contributed by atoms with E-state index in [0.29, 0.717) is 17.0 Å². The molecule has 31 heavy (non-hydrogen) atoms. The largest absolute Gasteiger partial charge is 0.349 e. The number of nitrogens with one attached hydrogen (secondary N) is 1. The monoisotopic (exact) mass is 462 g/mol. The number of imidazole rings is 1. The lowest BCUT2D eigenvalue weighted by Crippen LogP contribution is -2.28. The molecule has 3 aromatic rings. The van der Waals surface area contributed by atoms with Gasteiger partial charge >= 0.3 is 0 Å². The van der Waals surface area contributed by atoms with Gasteiger partial charge in [-0.25, -0.2) is 17.7 Å². The van der Waals surface area contributed by atoms with Crippen molar-refractivity contribution in [2.24, 2.45) is 7.05 Å². The molecule has 2 aromatic carbocycles. The van der Waals surface area contributed by atoms with Crippen molar-refractivity contribution in [3.8, 4) is 0 Å². The SMILES string of the molecule is CCC(NC(=O)CCc1nc2cc(S(=O)(=O)N(C)C)ccc2n1C)c1ccc(Cl)cc1. The van der Waals surface area contributed by atoms with Crippen LogP contribution in [0.3, 0.4) is 0 Å². The smallest absolute Gasteiger partial charge is 0.242 e. The van der Waals surface area contributed by atoms with E-state index in [1.54, 1.807) is 18.2 Å². The molecule has 0 saturated heterocycles. The van der Waals surface area contributed by atoms with Crippen molar-refractivity contribution < 1.29 is 13.2 Å². The van der Waals surface area contributed by atoms with Crippen molar-refractivity contribution in [1.82, 2.24) is 19.2 Å². The van der Waals surface area contributed by atoms with Gasteiger partial charge < -0.3 is 9.88 Å². The van der Waals surface area contributed by atoms with Crippen molar-refractivity contribution in [3.05, 3.63) is 58.9 Å². The zero-order chi connectivity index (χ0) is 22.8. The van der Waals surface area contributed by atoms with Crippen LogP contribution in [0.15, 0.2) is 47.4 Å². The molecule has 1 aromatic heterocycles. The highest BCUT2D eigenvalue weighted by molar-refractivity contribution is 7.89. The Hall–Kier alpha value is -2.42. The van der Waals surface area contributed by atoms with Crippen LogP contribution in [0.5, 0.6) is 0 Å². The van der Waals surface area contributed by atoms with Crippen LogP contribution in [0.4, 0.5) is 0 Å². The Bertz CT molecular complexity index is 1190. The number of rotatable bonds is 8. The Morgan fingerprint density at radius 1 is 1.19 bits per heavy atom. The number of fused-ring (bicyclic) bond motifs is 1. The van der Waals surface area contributed by atoms with Crippen LogP contribution in [0, 0.1) is 0 Å². The summed E-state index contributed by atoms with van der Waals surface area (Å²) < 4.78 is 27.8. The number of halogens is 1. The topological polar surface area (TPSA) is 84.3 Å². The fourth-order valence-corrected chi connectivity index (χ4v) is 4.48. The van der Waals surface area contributed by atoms with Gasteiger partial charge in [0.1, 0.15) is 5.82 Å². The van der Waals surface area contributed by atoms with E-state index < -0.39 is 10.0 Å². The molecule has 0 saturated carbocycles. The van der Waals surface area contributed by atoms with E-state index >= 15 is 0 Å². The predicted octanol–water partition coefficient (Wildman–Crippen LogP) is 3.68. The number of carbonyl (C=O) groups is 1. The second kappa shape index (κ2) is 9.38. The molecule has 1 atom stereocenters. The first-order chi connectivity index (χ1) is 14.6. The minimum Gasteiger partial charge on any atom is -0.349 e. The standard InChI is InChI=1S/C22H27ClN4O3S/c1-5-18(15-6-8-16(23)9-7-15)25-22(28)13-12-21-24-19-14-17(31(29,30)26(2)3)10-11-20(19)27(21)4/h6-11,14,18H,5,12-13H2,1-4H3,(H,25,28). The van der Waals surface area contributed by atoms with Gasteiger partial charge in [0.2, 0.25) is 15.9 Å². The maximum absolute atomic E-state index is 12.6. The van der Waals surface area contributed by atoms with Crippen molar-refractivity contribution >= 4 is 38.6 Å². The second-order valence-electron chi connectivity index (χ2n) is 7.60. The van der Waals surface area contributed by atoms with Crippen LogP contribution in [-0.2, 0) is 28.3 Å². The fourth-order valence-electron chi connectivity index (χ4n) is 3.43. The van der Waals surface area contributed by atoms with E-state index in [9.17, 15) is 13.2 Å². The molecule has 166 valence electrons. The van der Waals surface area contributed by atoms with E-state index in [1.807, 2.05) is 42.8 Å². The lowest BCUT2D eigenvalue weighted by Gasteiger charge is -2.17. The highest BCUT2D eigenvalue weighted by atomic mass is 35.5. The van der Waals surface area contributed by atoms with Crippen LogP contribution in [0.2, 0.25) is 5.02 Å². The number of nitrogens with zero attached hydrogens (tertiary/aromatic N) is 3. The Morgan fingerprint density at radius 2 is 1.87 bits per heavy atom. The van der Waals surface area contributed by atoms with E-state index in [0.717, 1.165) is 23.3 Å². The molecule has 0 bridgehead atoms. The summed E-state index contributed by atoms with van der Waals surface area (Å²) in [4.78, 5) is 17.3. The van der Waals surface area contributed by atoms with E-state index in [1.165, 1.54) is 18.4 Å². The summed E-state index contributed by atoms with van der Waals surface area (Å²) in [6.45, 7) is 2.02. The predicted molar refractivity (Wildman–Crippen MR) is 123 cm³/mol. The van der Waals surface area contributed by atoms with Crippen LogP contribution in [0.1, 0.15) is 37.2 Å². The molecule has 1 unspecified atom stereocenters. The van der Waals surface area contributed by atoms with E-state index in [-0.39, 0.29) is 23.3 Å². The molecular formula is C22H27ClN4O3S. The third-order valence-electron chi connectivity index (χ3n) is 5.31. The lowest BCUT2D eigenvalue weighted by atomic mass is 10.0. The molecule has 0 fully saturated rings. The minimum absolute atomic E-state index is 0.0651. The summed E-state index contributed by atoms with van der Waals surface area (Å²) in [6, 6.07) is 12.3. The Kier molecular flexibility index (Phi) is 7.03. The summed E-state index contributed by atoms with van der Waals surface area (Å²) in [5.41, 5.74) is 2.42. The third-order valence-corrected chi connectivity index (χ3v) is 7.38. The van der Waals surface area contributed by atoms with Gasteiger partial charge in [0.15, 0.2) is 0 Å². The quantitative estimate of drug-likeness (QED) is 0.553. The maximum Gasteiger partial charge on any atom is 0.242 e. The van der Waals surface area contributed by atoms with Crippen molar-refractivity contribution in [2.75, 3.05) is 14.1 Å². The van der Waals surface area contributed by atoms with Gasteiger partial charge in [0.25, 0.3) is 0 Å². The molecule has 1 amide bonds. The highest BCUT2D eigenvalue weighted by Gasteiger charge is 2.19. The molecule has 0 aliphatic carbocycles. The molecule has 3 rings (SSSR count). The molecule has 0 aliphatic heterocycles. The Labute approximate surface area is 188 Å². The zero-order valence-electron chi connectivity index (χ0n) is 18.1. The average Bonchev–Trinajstić information content (AvgIpc) is 3.06. The summed E-state index contributed by atoms with van der Waals surface area (Å²) >= 11 is 5.95. The summed E-state index contributed by atoms with van der Waals surface area (Å²) in [5.74, 6) is 0.661. The third kappa shape index (κ3) is 5.08. The van der Waals surface area contributed by atoms with Gasteiger partial charge in [0, 0.05) is 39.0 Å². The summed E-state index contributed by atoms with van der Waals surface area (Å²) in [5, 5.41) is 3.72. The number of amides is 1.